The van der Waals surface area contributed by atoms with Crippen LogP contribution in [-0.4, -0.2) is 23.6 Å². The van der Waals surface area contributed by atoms with Gasteiger partial charge in [0.2, 0.25) is 0 Å². The lowest BCUT2D eigenvalue weighted by Crippen LogP contribution is -2.24. The molecule has 2 aromatic heterocycles. The minimum atomic E-state index is 0.0269. The normalized spacial score (nSPS) is 12.1. The molecule has 0 radical (unpaired) electrons. The maximum absolute atomic E-state index is 5.41. The topological polar surface area (TPSA) is 47.0 Å². The largest absolute Gasteiger partial charge is 0.495 e. The number of hydrogen-bond donors (Lipinski definition) is 1. The number of nitrogens with zero attached hydrogens (tertiary/aromatic N) is 2. The Labute approximate surface area is 113 Å². The molecule has 0 aliphatic rings. The van der Waals surface area contributed by atoms with Crippen LogP contribution in [-0.2, 0) is 0 Å². The smallest absolute Gasteiger partial charge is 0.142 e. The highest BCUT2D eigenvalue weighted by molar-refractivity contribution is 5.36. The zero-order valence-electron chi connectivity index (χ0n) is 11.3. The van der Waals surface area contributed by atoms with Crippen LogP contribution in [0.4, 0.5) is 0 Å². The lowest BCUT2D eigenvalue weighted by Gasteiger charge is -2.20. The molecular weight excluding hydrogens is 238 g/mol. The van der Waals surface area contributed by atoms with E-state index in [2.05, 4.69) is 22.2 Å². The molecule has 0 fully saturated rings. The van der Waals surface area contributed by atoms with E-state index in [1.165, 1.54) is 0 Å². The molecule has 19 heavy (non-hydrogen) atoms. The van der Waals surface area contributed by atoms with E-state index in [1.807, 2.05) is 24.3 Å². The van der Waals surface area contributed by atoms with Crippen molar-refractivity contribution in [3.05, 3.63) is 54.1 Å². The summed E-state index contributed by atoms with van der Waals surface area (Å²) >= 11 is 0. The third kappa shape index (κ3) is 3.29. The molecule has 0 amide bonds. The monoisotopic (exact) mass is 257 g/mol. The Balaban J connectivity index is 2.37. The second kappa shape index (κ2) is 6.85. The van der Waals surface area contributed by atoms with Gasteiger partial charge in [-0.1, -0.05) is 6.92 Å². The molecule has 100 valence electrons. The Bertz CT molecular complexity index is 502. The number of methoxy groups -OCH3 is 1. The van der Waals surface area contributed by atoms with Crippen LogP contribution >= 0.6 is 0 Å². The van der Waals surface area contributed by atoms with Crippen LogP contribution in [0.1, 0.15) is 30.6 Å². The van der Waals surface area contributed by atoms with Gasteiger partial charge >= 0.3 is 0 Å². The summed E-state index contributed by atoms with van der Waals surface area (Å²) in [4.78, 5) is 8.54. The van der Waals surface area contributed by atoms with Gasteiger partial charge in [-0.25, -0.2) is 0 Å². The summed E-state index contributed by atoms with van der Waals surface area (Å²) in [6, 6.07) is 7.85. The Hall–Kier alpha value is -1.94. The molecule has 1 N–H and O–H groups in total. The minimum absolute atomic E-state index is 0.0269. The minimum Gasteiger partial charge on any atom is -0.495 e. The van der Waals surface area contributed by atoms with E-state index in [0.717, 1.165) is 30.0 Å². The standard InChI is InChI=1S/C15H19N3O/c1-3-8-17-14(12-6-10-16-11-7-12)15-13(19-2)5-4-9-18-15/h4-7,9-11,14,17H,3,8H2,1-2H3. The maximum Gasteiger partial charge on any atom is 0.142 e. The van der Waals surface area contributed by atoms with Crippen LogP contribution in [0.2, 0.25) is 0 Å². The van der Waals surface area contributed by atoms with E-state index >= 15 is 0 Å². The number of ether oxygens (including phenoxy) is 1. The van der Waals surface area contributed by atoms with Crippen molar-refractivity contribution in [1.82, 2.24) is 15.3 Å². The summed E-state index contributed by atoms with van der Waals surface area (Å²) in [5, 5.41) is 3.51. The number of pyridine rings is 2. The van der Waals surface area contributed by atoms with Crippen molar-refractivity contribution in [3.8, 4) is 5.75 Å². The first-order valence-electron chi connectivity index (χ1n) is 6.49. The van der Waals surface area contributed by atoms with Crippen LogP contribution in [0.5, 0.6) is 5.75 Å². The molecule has 4 heteroatoms. The van der Waals surface area contributed by atoms with Crippen molar-refractivity contribution in [3.63, 3.8) is 0 Å². The summed E-state index contributed by atoms with van der Waals surface area (Å²) in [6.45, 7) is 3.07. The lowest BCUT2D eigenvalue weighted by atomic mass is 10.0. The van der Waals surface area contributed by atoms with Crippen LogP contribution in [0.3, 0.4) is 0 Å². The number of rotatable bonds is 6. The van der Waals surface area contributed by atoms with Gasteiger partial charge in [0.15, 0.2) is 0 Å². The number of nitrogens with one attached hydrogen (secondary N) is 1. The molecule has 0 saturated heterocycles. The maximum atomic E-state index is 5.41. The molecule has 4 nitrogen and oxygen atoms in total. The zero-order chi connectivity index (χ0) is 13.5. The molecule has 2 aromatic rings. The quantitative estimate of drug-likeness (QED) is 0.864. The lowest BCUT2D eigenvalue weighted by molar-refractivity contribution is 0.399. The average Bonchev–Trinajstić information content (AvgIpc) is 2.49. The molecule has 0 bridgehead atoms. The summed E-state index contributed by atoms with van der Waals surface area (Å²) < 4.78 is 5.41. The van der Waals surface area contributed by atoms with Gasteiger partial charge in [0.05, 0.1) is 13.2 Å². The van der Waals surface area contributed by atoms with Gasteiger partial charge in [-0.05, 0) is 42.8 Å². The van der Waals surface area contributed by atoms with Gasteiger partial charge < -0.3 is 10.1 Å². The fourth-order valence-electron chi connectivity index (χ4n) is 2.01. The van der Waals surface area contributed by atoms with Crippen molar-refractivity contribution in [1.29, 1.82) is 0 Å². The van der Waals surface area contributed by atoms with E-state index in [0.29, 0.717) is 0 Å². The fraction of sp³-hybridized carbons (Fsp3) is 0.333. The van der Waals surface area contributed by atoms with Crippen molar-refractivity contribution < 1.29 is 4.74 Å². The predicted octanol–water partition coefficient (Wildman–Crippen LogP) is 2.57. The predicted molar refractivity (Wildman–Crippen MR) is 75.2 cm³/mol. The third-order valence-corrected chi connectivity index (χ3v) is 2.93. The van der Waals surface area contributed by atoms with E-state index in [-0.39, 0.29) is 6.04 Å². The molecular formula is C15H19N3O. The van der Waals surface area contributed by atoms with Crippen LogP contribution in [0.15, 0.2) is 42.9 Å². The van der Waals surface area contributed by atoms with Gasteiger partial charge in [0.1, 0.15) is 11.4 Å². The zero-order valence-corrected chi connectivity index (χ0v) is 11.3. The third-order valence-electron chi connectivity index (χ3n) is 2.93. The SMILES string of the molecule is CCCNC(c1ccncc1)c1ncccc1OC. The fourth-order valence-corrected chi connectivity index (χ4v) is 2.01. The highest BCUT2D eigenvalue weighted by Gasteiger charge is 2.18. The average molecular weight is 257 g/mol. The van der Waals surface area contributed by atoms with E-state index in [4.69, 9.17) is 4.74 Å². The number of aromatic nitrogens is 2. The van der Waals surface area contributed by atoms with Crippen molar-refractivity contribution >= 4 is 0 Å². The molecule has 2 heterocycles. The Kier molecular flexibility index (Phi) is 4.86. The Morgan fingerprint density at radius 2 is 2.00 bits per heavy atom. The molecule has 0 spiro atoms. The summed E-state index contributed by atoms with van der Waals surface area (Å²) in [5.41, 5.74) is 2.05. The van der Waals surface area contributed by atoms with Crippen molar-refractivity contribution in [2.24, 2.45) is 0 Å². The Morgan fingerprint density at radius 3 is 2.68 bits per heavy atom. The van der Waals surface area contributed by atoms with Crippen molar-refractivity contribution in [2.45, 2.75) is 19.4 Å². The first kappa shape index (κ1) is 13.5. The first-order chi connectivity index (χ1) is 9.36. The summed E-state index contributed by atoms with van der Waals surface area (Å²) in [5.74, 6) is 0.799. The molecule has 1 atom stereocenters. The van der Waals surface area contributed by atoms with Gasteiger partial charge in [-0.2, -0.15) is 0 Å². The van der Waals surface area contributed by atoms with E-state index in [9.17, 15) is 0 Å². The van der Waals surface area contributed by atoms with Crippen LogP contribution < -0.4 is 10.1 Å². The van der Waals surface area contributed by atoms with Gasteiger partial charge in [-0.3, -0.25) is 9.97 Å². The van der Waals surface area contributed by atoms with Crippen molar-refractivity contribution in [2.75, 3.05) is 13.7 Å². The Morgan fingerprint density at radius 1 is 1.21 bits per heavy atom. The molecule has 0 aliphatic carbocycles. The molecule has 0 aromatic carbocycles. The van der Waals surface area contributed by atoms with Crippen LogP contribution in [0, 0.1) is 0 Å². The van der Waals surface area contributed by atoms with Gasteiger partial charge in [0.25, 0.3) is 0 Å². The molecule has 0 saturated carbocycles. The molecule has 1 unspecified atom stereocenters. The highest BCUT2D eigenvalue weighted by atomic mass is 16.5. The van der Waals surface area contributed by atoms with E-state index in [1.54, 1.807) is 25.7 Å². The van der Waals surface area contributed by atoms with E-state index < -0.39 is 0 Å². The molecule has 2 rings (SSSR count). The summed E-state index contributed by atoms with van der Waals surface area (Å²) in [6.07, 6.45) is 6.45. The molecule has 0 aliphatic heterocycles. The van der Waals surface area contributed by atoms with Gasteiger partial charge in [0, 0.05) is 18.6 Å². The summed E-state index contributed by atoms with van der Waals surface area (Å²) in [7, 11) is 1.67. The number of hydrogen-bond acceptors (Lipinski definition) is 4. The second-order valence-corrected chi connectivity index (χ2v) is 4.26. The second-order valence-electron chi connectivity index (χ2n) is 4.26. The highest BCUT2D eigenvalue weighted by Crippen LogP contribution is 2.27. The first-order valence-corrected chi connectivity index (χ1v) is 6.49. The van der Waals surface area contributed by atoms with Crippen LogP contribution in [0.25, 0.3) is 0 Å². The van der Waals surface area contributed by atoms with Gasteiger partial charge in [-0.15, -0.1) is 0 Å².